The minimum atomic E-state index is -0.214. The summed E-state index contributed by atoms with van der Waals surface area (Å²) in [6.45, 7) is 0. The lowest BCUT2D eigenvalue weighted by Gasteiger charge is -2.12. The van der Waals surface area contributed by atoms with E-state index in [-0.39, 0.29) is 5.91 Å². The van der Waals surface area contributed by atoms with Gasteiger partial charge in [0.15, 0.2) is 0 Å². The molecule has 0 saturated heterocycles. The number of para-hydroxylation sites is 1. The van der Waals surface area contributed by atoms with Crippen LogP contribution in [0.15, 0.2) is 36.5 Å². The van der Waals surface area contributed by atoms with Gasteiger partial charge in [-0.25, -0.2) is 0 Å². The number of nitriles is 1. The molecule has 6 heteroatoms. The van der Waals surface area contributed by atoms with Gasteiger partial charge in [-0.1, -0.05) is 12.1 Å². The fraction of sp³-hybridized carbons (Fsp3) is 0.0714. The molecule has 1 aromatic heterocycles. The van der Waals surface area contributed by atoms with Crippen LogP contribution >= 0.6 is 0 Å². The Morgan fingerprint density at radius 1 is 1.35 bits per heavy atom. The van der Waals surface area contributed by atoms with Crippen LogP contribution in [-0.2, 0) is 0 Å². The Kier molecular flexibility index (Phi) is 4.01. The van der Waals surface area contributed by atoms with Crippen LogP contribution in [-0.4, -0.2) is 25.8 Å². The van der Waals surface area contributed by atoms with Crippen molar-refractivity contribution in [2.75, 3.05) is 12.4 Å². The van der Waals surface area contributed by atoms with Crippen LogP contribution in [0.1, 0.15) is 15.9 Å². The predicted octanol–water partition coefficient (Wildman–Crippen LogP) is 0.850. The molecule has 20 heavy (non-hydrogen) atoms. The lowest BCUT2D eigenvalue weighted by atomic mass is 10.0. The SMILES string of the molecule is [B]c1cc(Nc2ccccc2C(=O)NC)c(C#N)cn1. The Morgan fingerprint density at radius 3 is 2.80 bits per heavy atom. The average Bonchev–Trinajstić information content (AvgIpc) is 2.47. The molecule has 0 unspecified atom stereocenters. The monoisotopic (exact) mass is 262 g/mol. The first kappa shape index (κ1) is 13.6. The first-order valence-electron chi connectivity index (χ1n) is 5.89. The van der Waals surface area contributed by atoms with Gasteiger partial charge in [-0.15, -0.1) is 0 Å². The Balaban J connectivity index is 2.43. The molecular formula is C14H11BN4O. The predicted molar refractivity (Wildman–Crippen MR) is 77.5 cm³/mol. The first-order chi connectivity index (χ1) is 9.65. The normalized spacial score (nSPS) is 9.60. The molecule has 0 aliphatic carbocycles. The highest BCUT2D eigenvalue weighted by Gasteiger charge is 2.11. The maximum atomic E-state index is 11.8. The van der Waals surface area contributed by atoms with Gasteiger partial charge in [-0.3, -0.25) is 9.78 Å². The van der Waals surface area contributed by atoms with Crippen LogP contribution in [0.25, 0.3) is 0 Å². The maximum Gasteiger partial charge on any atom is 0.253 e. The minimum Gasteiger partial charge on any atom is -0.355 e. The number of hydrogen-bond acceptors (Lipinski definition) is 4. The van der Waals surface area contributed by atoms with Gasteiger partial charge in [0.1, 0.15) is 13.9 Å². The van der Waals surface area contributed by atoms with Crippen molar-refractivity contribution in [2.45, 2.75) is 0 Å². The number of hydrogen-bond donors (Lipinski definition) is 2. The molecule has 5 nitrogen and oxygen atoms in total. The number of carbonyl (C=O) groups excluding carboxylic acids is 1. The molecule has 0 aliphatic rings. The Hall–Kier alpha value is -2.81. The van der Waals surface area contributed by atoms with E-state index in [2.05, 4.69) is 15.6 Å². The van der Waals surface area contributed by atoms with E-state index in [1.807, 2.05) is 6.07 Å². The van der Waals surface area contributed by atoms with Crippen LogP contribution < -0.4 is 16.2 Å². The van der Waals surface area contributed by atoms with Gasteiger partial charge in [0.05, 0.1) is 22.5 Å². The van der Waals surface area contributed by atoms with E-state index in [4.69, 9.17) is 13.1 Å². The lowest BCUT2D eigenvalue weighted by molar-refractivity contribution is 0.0964. The Bertz CT molecular complexity index is 694. The van der Waals surface area contributed by atoms with E-state index < -0.39 is 0 Å². The third-order valence-corrected chi connectivity index (χ3v) is 2.71. The molecule has 0 atom stereocenters. The lowest BCUT2D eigenvalue weighted by Crippen LogP contribution is -2.19. The number of nitrogens with zero attached hydrogens (tertiary/aromatic N) is 2. The van der Waals surface area contributed by atoms with Gasteiger partial charge >= 0.3 is 0 Å². The van der Waals surface area contributed by atoms with Crippen molar-refractivity contribution in [3.05, 3.63) is 47.7 Å². The summed E-state index contributed by atoms with van der Waals surface area (Å²) in [6, 6.07) is 10.6. The number of amides is 1. The molecule has 2 aromatic rings. The number of pyridine rings is 1. The molecule has 0 bridgehead atoms. The summed E-state index contributed by atoms with van der Waals surface area (Å²) in [7, 11) is 7.18. The van der Waals surface area contributed by atoms with Gasteiger partial charge in [-0.2, -0.15) is 5.26 Å². The van der Waals surface area contributed by atoms with Crippen LogP contribution in [0.5, 0.6) is 0 Å². The third-order valence-electron chi connectivity index (χ3n) is 2.71. The number of benzene rings is 1. The van der Waals surface area contributed by atoms with Crippen molar-refractivity contribution in [1.29, 1.82) is 5.26 Å². The van der Waals surface area contributed by atoms with E-state index in [0.717, 1.165) is 0 Å². The van der Waals surface area contributed by atoms with E-state index >= 15 is 0 Å². The summed E-state index contributed by atoms with van der Waals surface area (Å²) in [6.07, 6.45) is 1.39. The zero-order valence-electron chi connectivity index (χ0n) is 10.8. The molecule has 2 rings (SSSR count). The Labute approximate surface area is 118 Å². The molecule has 1 aromatic carbocycles. The number of aromatic nitrogens is 1. The van der Waals surface area contributed by atoms with Gasteiger partial charge in [0.25, 0.3) is 5.91 Å². The molecule has 0 fully saturated rings. The summed E-state index contributed by atoms with van der Waals surface area (Å²) in [5, 5.41) is 14.7. The van der Waals surface area contributed by atoms with Crippen LogP contribution in [0.2, 0.25) is 0 Å². The van der Waals surface area contributed by atoms with Crippen molar-refractivity contribution in [1.82, 2.24) is 10.3 Å². The number of carbonyl (C=O) groups is 1. The zero-order valence-corrected chi connectivity index (χ0v) is 10.8. The third kappa shape index (κ3) is 2.78. The fourth-order valence-electron chi connectivity index (χ4n) is 1.73. The summed E-state index contributed by atoms with van der Waals surface area (Å²) in [5.41, 5.74) is 2.23. The molecule has 1 amide bonds. The molecule has 96 valence electrons. The van der Waals surface area contributed by atoms with Crippen molar-refractivity contribution in [2.24, 2.45) is 0 Å². The first-order valence-corrected chi connectivity index (χ1v) is 5.89. The van der Waals surface area contributed by atoms with Crippen LogP contribution in [0.4, 0.5) is 11.4 Å². The number of rotatable bonds is 3. The molecule has 0 spiro atoms. The molecule has 1 heterocycles. The number of nitrogens with one attached hydrogen (secondary N) is 2. The quantitative estimate of drug-likeness (QED) is 0.804. The fourth-order valence-corrected chi connectivity index (χ4v) is 1.73. The average molecular weight is 262 g/mol. The zero-order chi connectivity index (χ0) is 14.5. The molecule has 0 saturated carbocycles. The van der Waals surface area contributed by atoms with Crippen molar-refractivity contribution < 1.29 is 4.79 Å². The maximum absolute atomic E-state index is 11.8. The summed E-state index contributed by atoms with van der Waals surface area (Å²) in [4.78, 5) is 15.7. The van der Waals surface area contributed by atoms with Gasteiger partial charge in [-0.05, 0) is 23.8 Å². The number of anilines is 2. The van der Waals surface area contributed by atoms with Gasteiger partial charge < -0.3 is 10.6 Å². The summed E-state index contributed by atoms with van der Waals surface area (Å²) >= 11 is 0. The second-order valence-electron chi connectivity index (χ2n) is 4.02. The van der Waals surface area contributed by atoms with E-state index in [0.29, 0.717) is 28.1 Å². The highest BCUT2D eigenvalue weighted by molar-refractivity contribution is 6.31. The van der Waals surface area contributed by atoms with E-state index in [1.54, 1.807) is 37.4 Å². The minimum absolute atomic E-state index is 0.214. The molecule has 2 N–H and O–H groups in total. The van der Waals surface area contributed by atoms with Crippen molar-refractivity contribution >= 4 is 30.7 Å². The van der Waals surface area contributed by atoms with Gasteiger partial charge in [0, 0.05) is 13.2 Å². The second kappa shape index (κ2) is 5.89. The molecule has 0 aliphatic heterocycles. The van der Waals surface area contributed by atoms with E-state index in [9.17, 15) is 4.79 Å². The van der Waals surface area contributed by atoms with Crippen LogP contribution in [0.3, 0.4) is 0 Å². The van der Waals surface area contributed by atoms with Crippen LogP contribution in [0, 0.1) is 11.3 Å². The smallest absolute Gasteiger partial charge is 0.253 e. The summed E-state index contributed by atoms with van der Waals surface area (Å²) < 4.78 is 0. The van der Waals surface area contributed by atoms with E-state index in [1.165, 1.54) is 6.20 Å². The van der Waals surface area contributed by atoms with Gasteiger partial charge in [0.2, 0.25) is 0 Å². The summed E-state index contributed by atoms with van der Waals surface area (Å²) in [5.74, 6) is -0.214. The van der Waals surface area contributed by atoms with Crippen molar-refractivity contribution in [3.63, 3.8) is 0 Å². The molecule has 2 radical (unpaired) electrons. The largest absolute Gasteiger partial charge is 0.355 e. The Morgan fingerprint density at radius 2 is 2.10 bits per heavy atom. The second-order valence-corrected chi connectivity index (χ2v) is 4.02. The highest BCUT2D eigenvalue weighted by Crippen LogP contribution is 2.22. The highest BCUT2D eigenvalue weighted by atomic mass is 16.1. The molecular weight excluding hydrogens is 251 g/mol. The standard InChI is InChI=1S/C14H11BN4O/c1-17-14(20)10-4-2-3-5-11(10)19-12-6-13(15)18-8-9(12)7-16/h2-6,8H,1H3,(H,17,20)(H,18,19). The topological polar surface area (TPSA) is 77.8 Å². The van der Waals surface area contributed by atoms with Crippen molar-refractivity contribution in [3.8, 4) is 6.07 Å².